The van der Waals surface area contributed by atoms with E-state index < -0.39 is 5.97 Å². The summed E-state index contributed by atoms with van der Waals surface area (Å²) in [5, 5.41) is 12.6. The van der Waals surface area contributed by atoms with Crippen LogP contribution in [0.15, 0.2) is 6.20 Å². The second-order valence-electron chi connectivity index (χ2n) is 5.95. The number of hydrogen-bond donors (Lipinski definition) is 2. The summed E-state index contributed by atoms with van der Waals surface area (Å²) < 4.78 is 0. The van der Waals surface area contributed by atoms with Gasteiger partial charge in [0.1, 0.15) is 11.4 Å². The zero-order chi connectivity index (χ0) is 15.1. The second kappa shape index (κ2) is 4.85. The van der Waals surface area contributed by atoms with Crippen LogP contribution in [-0.2, 0) is 0 Å². The average molecular weight is 307 g/mol. The highest BCUT2D eigenvalue weighted by molar-refractivity contribution is 6.28. The zero-order valence-electron chi connectivity index (χ0n) is 11.4. The number of halogens is 1. The minimum absolute atomic E-state index is 0.0287. The Morgan fingerprint density at radius 3 is 2.48 bits per heavy atom. The molecule has 3 aliphatic rings. The number of aromatic carboxylic acids is 1. The Morgan fingerprint density at radius 2 is 1.95 bits per heavy atom. The van der Waals surface area contributed by atoms with E-state index in [1.165, 1.54) is 6.20 Å². The van der Waals surface area contributed by atoms with Gasteiger partial charge in [0.2, 0.25) is 10.8 Å². The number of fused-ring (bicyclic) bond motifs is 3. The fraction of sp³-hybridized carbons (Fsp3) is 0.571. The molecule has 6 nitrogen and oxygen atoms in total. The fourth-order valence-corrected chi connectivity index (χ4v) is 3.52. The van der Waals surface area contributed by atoms with Crippen LogP contribution in [0.3, 0.4) is 0 Å². The highest BCUT2D eigenvalue weighted by Crippen LogP contribution is 2.50. The molecule has 1 aromatic rings. The number of rotatable bonds is 3. The van der Waals surface area contributed by atoms with Gasteiger partial charge in [-0.2, -0.15) is 4.98 Å². The van der Waals surface area contributed by atoms with Gasteiger partial charge < -0.3 is 15.3 Å². The molecule has 2 N–H and O–H groups in total. The molecule has 0 spiro atoms. The summed E-state index contributed by atoms with van der Waals surface area (Å²) in [5.74, 6) is -0.799. The Hall–Kier alpha value is -1.87. The van der Waals surface area contributed by atoms with Gasteiger partial charge in [-0.15, -0.1) is 0 Å². The maximum Gasteiger partial charge on any atom is 0.341 e. The first-order valence-electron chi connectivity index (χ1n) is 6.90. The molecule has 7 heteroatoms. The van der Waals surface area contributed by atoms with Crippen molar-refractivity contribution in [1.82, 2.24) is 9.97 Å². The topological polar surface area (TPSA) is 79.5 Å². The van der Waals surface area contributed by atoms with E-state index in [-0.39, 0.29) is 27.7 Å². The number of carboxylic acid groups (broad SMARTS) is 1. The molecule has 0 saturated heterocycles. The first-order valence-corrected chi connectivity index (χ1v) is 7.28. The lowest BCUT2D eigenvalue weighted by atomic mass is 9.62. The highest BCUT2D eigenvalue weighted by Gasteiger charge is 2.53. The molecule has 1 heterocycles. The van der Waals surface area contributed by atoms with Crippen molar-refractivity contribution in [1.29, 1.82) is 0 Å². The van der Waals surface area contributed by atoms with Crippen molar-refractivity contribution in [2.45, 2.75) is 49.6 Å². The van der Waals surface area contributed by atoms with Crippen LogP contribution in [0.1, 0.15) is 48.9 Å². The van der Waals surface area contributed by atoms with E-state index in [9.17, 15) is 9.90 Å². The van der Waals surface area contributed by atoms with E-state index in [0.29, 0.717) is 0 Å². The van der Waals surface area contributed by atoms with Gasteiger partial charge in [0.25, 0.3) is 0 Å². The van der Waals surface area contributed by atoms with Gasteiger partial charge in [-0.1, -0.05) is 0 Å². The molecule has 1 aromatic heterocycles. The lowest BCUT2D eigenvalue weighted by molar-refractivity contribution is 0.0696. The zero-order valence-corrected chi connectivity index (χ0v) is 12.2. The summed E-state index contributed by atoms with van der Waals surface area (Å²) in [6, 6.07) is 0. The molecular weight excluding hydrogens is 292 g/mol. The van der Waals surface area contributed by atoms with Crippen LogP contribution in [0, 0.1) is 6.57 Å². The van der Waals surface area contributed by atoms with Crippen molar-refractivity contribution < 1.29 is 9.90 Å². The molecule has 0 unspecified atom stereocenters. The molecule has 0 aromatic carbocycles. The highest BCUT2D eigenvalue weighted by atomic mass is 35.5. The van der Waals surface area contributed by atoms with Gasteiger partial charge in [-0.3, -0.25) is 0 Å². The predicted octanol–water partition coefficient (Wildman–Crippen LogP) is 3.00. The third-order valence-corrected chi connectivity index (χ3v) is 5.00. The van der Waals surface area contributed by atoms with E-state index in [0.717, 1.165) is 38.5 Å². The van der Waals surface area contributed by atoms with Crippen molar-refractivity contribution in [3.63, 3.8) is 0 Å². The summed E-state index contributed by atoms with van der Waals surface area (Å²) in [6.07, 6.45) is 6.36. The molecule has 0 aliphatic heterocycles. The maximum atomic E-state index is 11.3. The van der Waals surface area contributed by atoms with E-state index in [4.69, 9.17) is 18.2 Å². The van der Waals surface area contributed by atoms with Crippen molar-refractivity contribution in [3.8, 4) is 0 Å². The van der Waals surface area contributed by atoms with Crippen molar-refractivity contribution in [2.24, 2.45) is 0 Å². The van der Waals surface area contributed by atoms with E-state index >= 15 is 0 Å². The number of nitrogens with one attached hydrogen (secondary N) is 1. The lowest BCUT2D eigenvalue weighted by Crippen LogP contribution is -2.52. The Morgan fingerprint density at radius 1 is 1.33 bits per heavy atom. The molecule has 110 valence electrons. The monoisotopic (exact) mass is 306 g/mol. The number of carboxylic acids is 1. The first-order chi connectivity index (χ1) is 9.98. The molecular formula is C14H15ClN4O2. The van der Waals surface area contributed by atoms with Crippen LogP contribution in [0.25, 0.3) is 4.85 Å². The fourth-order valence-electron chi connectivity index (χ4n) is 3.38. The summed E-state index contributed by atoms with van der Waals surface area (Å²) in [7, 11) is 0. The Labute approximate surface area is 127 Å². The third-order valence-electron chi connectivity index (χ3n) is 4.82. The molecule has 3 aliphatic carbocycles. The summed E-state index contributed by atoms with van der Waals surface area (Å²) in [6.45, 7) is 7.36. The molecule has 21 heavy (non-hydrogen) atoms. The molecule has 2 bridgehead atoms. The molecule has 3 saturated carbocycles. The van der Waals surface area contributed by atoms with Crippen LogP contribution >= 0.6 is 11.6 Å². The van der Waals surface area contributed by atoms with E-state index in [2.05, 4.69) is 20.1 Å². The number of nitrogens with zero attached hydrogens (tertiary/aromatic N) is 3. The minimum atomic E-state index is -1.08. The van der Waals surface area contributed by atoms with Gasteiger partial charge in [-0.05, 0) is 30.9 Å². The Balaban J connectivity index is 1.87. The average Bonchev–Trinajstić information content (AvgIpc) is 2.48. The van der Waals surface area contributed by atoms with Gasteiger partial charge in [0.15, 0.2) is 0 Å². The van der Waals surface area contributed by atoms with E-state index in [1.807, 2.05) is 0 Å². The Bertz CT molecular complexity index is 616. The number of anilines is 1. The molecule has 0 atom stereocenters. The van der Waals surface area contributed by atoms with Crippen molar-refractivity contribution in [3.05, 3.63) is 28.5 Å². The molecule has 0 radical (unpaired) electrons. The predicted molar refractivity (Wildman–Crippen MR) is 77.4 cm³/mol. The lowest BCUT2D eigenvalue weighted by Gasteiger charge is -2.48. The summed E-state index contributed by atoms with van der Waals surface area (Å²) in [5.41, 5.74) is -0.335. The minimum Gasteiger partial charge on any atom is -0.477 e. The Kier molecular flexibility index (Phi) is 3.25. The first kappa shape index (κ1) is 14.1. The van der Waals surface area contributed by atoms with Crippen molar-refractivity contribution in [2.75, 3.05) is 5.32 Å². The van der Waals surface area contributed by atoms with Crippen LogP contribution < -0.4 is 5.32 Å². The third kappa shape index (κ3) is 2.42. The van der Waals surface area contributed by atoms with Crippen LogP contribution in [0.5, 0.6) is 0 Å². The SMILES string of the molecule is [C-]#[N+]C12CCC(Nc3nc(Cl)ncc3C(=O)O)(CC1)CC2. The maximum absolute atomic E-state index is 11.3. The molecule has 4 rings (SSSR count). The van der Waals surface area contributed by atoms with Crippen LogP contribution in [0.2, 0.25) is 5.28 Å². The van der Waals surface area contributed by atoms with Crippen LogP contribution in [-0.4, -0.2) is 32.1 Å². The molecule has 3 fully saturated rings. The largest absolute Gasteiger partial charge is 0.477 e. The van der Waals surface area contributed by atoms with Gasteiger partial charge in [0, 0.05) is 31.0 Å². The van der Waals surface area contributed by atoms with Gasteiger partial charge in [-0.25, -0.2) is 16.4 Å². The van der Waals surface area contributed by atoms with Gasteiger partial charge in [0.05, 0.1) is 0 Å². The normalized spacial score (nSPS) is 30.7. The number of aromatic nitrogens is 2. The van der Waals surface area contributed by atoms with E-state index in [1.54, 1.807) is 0 Å². The van der Waals surface area contributed by atoms with Crippen molar-refractivity contribution >= 4 is 23.4 Å². The summed E-state index contributed by atoms with van der Waals surface area (Å²) >= 11 is 5.79. The summed E-state index contributed by atoms with van der Waals surface area (Å²) in [4.78, 5) is 22.9. The molecule has 0 amide bonds. The van der Waals surface area contributed by atoms with Gasteiger partial charge >= 0.3 is 5.97 Å². The number of carbonyl (C=O) groups is 1. The quantitative estimate of drug-likeness (QED) is 0.663. The second-order valence-corrected chi connectivity index (χ2v) is 6.29. The standard InChI is InChI=1S/C14H15ClN4O2/c1-16-13-2-5-14(6-3-13,7-4-13)19-10-9(11(20)21)8-17-12(15)18-10/h8H,2-7H2,(H,20,21)(H,17,18,19). The van der Waals surface area contributed by atoms with Crippen LogP contribution in [0.4, 0.5) is 5.82 Å². The smallest absolute Gasteiger partial charge is 0.341 e. The number of hydrogen-bond acceptors (Lipinski definition) is 4.